The lowest BCUT2D eigenvalue weighted by Crippen LogP contribution is -2.04. The standard InChI is InChI=1S/C7H6ClNO2/c1-4-2-6(10)5(8)3-9-7(4)11/h2-3H,1H3,(H,9,11). The molecule has 1 rings (SSSR count). The molecule has 4 heteroatoms. The summed E-state index contributed by atoms with van der Waals surface area (Å²) < 4.78 is 0. The van der Waals surface area contributed by atoms with Crippen LogP contribution in [0.25, 0.3) is 0 Å². The van der Waals surface area contributed by atoms with Crippen molar-refractivity contribution in [3.63, 3.8) is 0 Å². The van der Waals surface area contributed by atoms with E-state index in [-0.39, 0.29) is 16.0 Å². The van der Waals surface area contributed by atoms with Crippen molar-refractivity contribution in [2.75, 3.05) is 0 Å². The number of aryl methyl sites for hydroxylation is 1. The van der Waals surface area contributed by atoms with Gasteiger partial charge in [0.15, 0.2) is 5.43 Å². The molecule has 0 radical (unpaired) electrons. The SMILES string of the molecule is Cc1cc(=O)c(Cl)c[nH]c1=O. The van der Waals surface area contributed by atoms with Crippen molar-refractivity contribution in [3.05, 3.63) is 43.4 Å². The van der Waals surface area contributed by atoms with Gasteiger partial charge in [0.05, 0.1) is 0 Å². The van der Waals surface area contributed by atoms with Crippen molar-refractivity contribution in [2.45, 2.75) is 6.92 Å². The Morgan fingerprint density at radius 3 is 2.73 bits per heavy atom. The predicted molar refractivity (Wildman–Crippen MR) is 43.1 cm³/mol. The highest BCUT2D eigenvalue weighted by molar-refractivity contribution is 6.30. The average Bonchev–Trinajstić information content (AvgIpc) is 2.05. The number of rotatable bonds is 0. The lowest BCUT2D eigenvalue weighted by Gasteiger charge is -1.74. The molecule has 0 atom stereocenters. The summed E-state index contributed by atoms with van der Waals surface area (Å²) >= 11 is 5.45. The van der Waals surface area contributed by atoms with Gasteiger partial charge in [-0.05, 0) is 13.0 Å². The fourth-order valence-corrected chi connectivity index (χ4v) is 0.754. The molecule has 1 N–H and O–H groups in total. The topological polar surface area (TPSA) is 49.9 Å². The van der Waals surface area contributed by atoms with Gasteiger partial charge >= 0.3 is 0 Å². The van der Waals surface area contributed by atoms with Crippen LogP contribution in [0.5, 0.6) is 0 Å². The molecule has 1 aromatic heterocycles. The zero-order valence-electron chi connectivity index (χ0n) is 5.85. The first-order chi connectivity index (χ1) is 5.11. The maximum absolute atomic E-state index is 10.9. The first-order valence-electron chi connectivity index (χ1n) is 3.00. The second-order valence-corrected chi connectivity index (χ2v) is 2.56. The third-order valence-electron chi connectivity index (χ3n) is 1.27. The quantitative estimate of drug-likeness (QED) is 0.625. The molecule has 0 spiro atoms. The fourth-order valence-electron chi connectivity index (χ4n) is 0.645. The van der Waals surface area contributed by atoms with Gasteiger partial charge in [-0.25, -0.2) is 0 Å². The van der Waals surface area contributed by atoms with Crippen molar-refractivity contribution in [2.24, 2.45) is 0 Å². The van der Waals surface area contributed by atoms with Crippen LogP contribution in [-0.4, -0.2) is 4.98 Å². The van der Waals surface area contributed by atoms with Gasteiger partial charge in [0.25, 0.3) is 5.56 Å². The number of aromatic nitrogens is 1. The molecule has 1 aromatic rings. The van der Waals surface area contributed by atoms with Crippen LogP contribution in [0, 0.1) is 6.92 Å². The van der Waals surface area contributed by atoms with Crippen molar-refractivity contribution in [3.8, 4) is 0 Å². The second-order valence-electron chi connectivity index (χ2n) is 2.16. The summed E-state index contributed by atoms with van der Waals surface area (Å²) in [6.45, 7) is 1.55. The highest BCUT2D eigenvalue weighted by Crippen LogP contribution is 1.93. The van der Waals surface area contributed by atoms with Crippen LogP contribution in [0.2, 0.25) is 5.02 Å². The van der Waals surface area contributed by atoms with E-state index in [1.165, 1.54) is 12.3 Å². The van der Waals surface area contributed by atoms with Gasteiger partial charge in [0.1, 0.15) is 5.02 Å². The Hall–Kier alpha value is -1.09. The Labute approximate surface area is 67.7 Å². The summed E-state index contributed by atoms with van der Waals surface area (Å²) in [5.41, 5.74) is -0.279. The number of hydrogen-bond donors (Lipinski definition) is 1. The highest BCUT2D eigenvalue weighted by Gasteiger charge is 1.94. The molecule has 3 nitrogen and oxygen atoms in total. The maximum atomic E-state index is 10.9. The van der Waals surface area contributed by atoms with Crippen molar-refractivity contribution < 1.29 is 0 Å². The zero-order valence-corrected chi connectivity index (χ0v) is 6.61. The van der Waals surface area contributed by atoms with Crippen LogP contribution in [0.3, 0.4) is 0 Å². The van der Waals surface area contributed by atoms with E-state index in [2.05, 4.69) is 4.98 Å². The second kappa shape index (κ2) is 2.88. The Morgan fingerprint density at radius 2 is 2.09 bits per heavy atom. The molecule has 0 unspecified atom stereocenters. The van der Waals surface area contributed by atoms with Gasteiger partial charge in [0.2, 0.25) is 0 Å². The van der Waals surface area contributed by atoms with E-state index in [1.807, 2.05) is 0 Å². The van der Waals surface area contributed by atoms with E-state index in [1.54, 1.807) is 6.92 Å². The summed E-state index contributed by atoms with van der Waals surface area (Å²) in [7, 11) is 0. The maximum Gasteiger partial charge on any atom is 0.251 e. The van der Waals surface area contributed by atoms with E-state index >= 15 is 0 Å². The predicted octanol–water partition coefficient (Wildman–Crippen LogP) is 0.697. The molecule has 58 valence electrons. The van der Waals surface area contributed by atoms with Gasteiger partial charge in [-0.2, -0.15) is 0 Å². The summed E-state index contributed by atoms with van der Waals surface area (Å²) in [4.78, 5) is 24.1. The van der Waals surface area contributed by atoms with Gasteiger partial charge < -0.3 is 4.98 Å². The summed E-state index contributed by atoms with van der Waals surface area (Å²) in [5.74, 6) is 0. The van der Waals surface area contributed by atoms with E-state index in [4.69, 9.17) is 11.6 Å². The van der Waals surface area contributed by atoms with Gasteiger partial charge in [-0.15, -0.1) is 0 Å². The van der Waals surface area contributed by atoms with Crippen molar-refractivity contribution in [1.29, 1.82) is 0 Å². The van der Waals surface area contributed by atoms with E-state index in [0.29, 0.717) is 5.56 Å². The molecule has 0 saturated heterocycles. The summed E-state index contributed by atoms with van der Waals surface area (Å²) in [5, 5.41) is 0.0233. The first kappa shape index (κ1) is 8.01. The third-order valence-corrected chi connectivity index (χ3v) is 1.57. The lowest BCUT2D eigenvalue weighted by molar-refractivity contribution is 1.22. The third kappa shape index (κ3) is 1.68. The Balaban J connectivity index is 3.68. The average molecular weight is 172 g/mol. The van der Waals surface area contributed by atoms with E-state index < -0.39 is 0 Å². The van der Waals surface area contributed by atoms with Crippen molar-refractivity contribution >= 4 is 11.6 Å². The summed E-state index contributed by atoms with van der Waals surface area (Å²) in [6, 6.07) is 1.21. The molecular weight excluding hydrogens is 166 g/mol. The molecule has 0 aliphatic heterocycles. The Bertz CT molecular complexity index is 383. The number of H-pyrrole nitrogens is 1. The highest BCUT2D eigenvalue weighted by atomic mass is 35.5. The molecule has 0 aromatic carbocycles. The van der Waals surface area contributed by atoms with Crippen LogP contribution < -0.4 is 11.0 Å². The monoisotopic (exact) mass is 171 g/mol. The van der Waals surface area contributed by atoms with Crippen LogP contribution in [-0.2, 0) is 0 Å². The normalized spacial score (nSPS) is 9.64. The van der Waals surface area contributed by atoms with Crippen molar-refractivity contribution in [1.82, 2.24) is 4.98 Å². The molecule has 0 fully saturated rings. The molecule has 0 amide bonds. The molecule has 0 bridgehead atoms. The van der Waals surface area contributed by atoms with Crippen LogP contribution in [0.4, 0.5) is 0 Å². The number of aromatic amines is 1. The minimum atomic E-state index is -0.345. The van der Waals surface area contributed by atoms with Crippen LogP contribution >= 0.6 is 11.6 Å². The molecule has 11 heavy (non-hydrogen) atoms. The fraction of sp³-hybridized carbons (Fsp3) is 0.143. The molecular formula is C7H6ClNO2. The minimum absolute atomic E-state index is 0.0233. The van der Waals surface area contributed by atoms with Crippen LogP contribution in [0.1, 0.15) is 5.56 Å². The first-order valence-corrected chi connectivity index (χ1v) is 3.38. The number of hydrogen-bond acceptors (Lipinski definition) is 2. The molecule has 0 aliphatic rings. The smallest absolute Gasteiger partial charge is 0.251 e. The van der Waals surface area contributed by atoms with E-state index in [0.717, 1.165) is 0 Å². The molecule has 0 aliphatic carbocycles. The Kier molecular flexibility index (Phi) is 2.10. The Morgan fingerprint density at radius 1 is 1.45 bits per heavy atom. The lowest BCUT2D eigenvalue weighted by atomic mass is 10.3. The van der Waals surface area contributed by atoms with Gasteiger partial charge in [0, 0.05) is 11.8 Å². The van der Waals surface area contributed by atoms with Crippen LogP contribution in [0.15, 0.2) is 21.9 Å². The number of nitrogens with one attached hydrogen (secondary N) is 1. The molecule has 0 saturated carbocycles. The van der Waals surface area contributed by atoms with Gasteiger partial charge in [-0.3, -0.25) is 9.59 Å². The largest absolute Gasteiger partial charge is 0.327 e. The van der Waals surface area contributed by atoms with Gasteiger partial charge in [-0.1, -0.05) is 11.6 Å². The zero-order chi connectivity index (χ0) is 8.43. The summed E-state index contributed by atoms with van der Waals surface area (Å²) in [6.07, 6.45) is 1.19. The minimum Gasteiger partial charge on any atom is -0.327 e. The molecule has 1 heterocycles. The number of halogens is 1. The van der Waals surface area contributed by atoms with E-state index in [9.17, 15) is 9.59 Å².